The summed E-state index contributed by atoms with van der Waals surface area (Å²) in [6.07, 6.45) is -2.22. The molecule has 1 fully saturated rings. The average molecular weight is 381 g/mol. The van der Waals surface area contributed by atoms with Crippen LogP contribution in [0.5, 0.6) is 11.6 Å². The highest BCUT2D eigenvalue weighted by Crippen LogP contribution is 2.44. The zero-order chi connectivity index (χ0) is 19.1. The fourth-order valence-corrected chi connectivity index (χ4v) is 3.56. The number of carbonyl (C=O) groups is 1. The first kappa shape index (κ1) is 17.7. The molecule has 1 aromatic carbocycles. The number of nitrogens with one attached hydrogen (secondary N) is 1. The summed E-state index contributed by atoms with van der Waals surface area (Å²) >= 11 is 0. The van der Waals surface area contributed by atoms with Crippen LogP contribution in [-0.4, -0.2) is 35.2 Å². The van der Waals surface area contributed by atoms with E-state index in [1.54, 1.807) is 16.8 Å². The highest BCUT2D eigenvalue weighted by Gasteiger charge is 2.40. The molecule has 1 aliphatic carbocycles. The molecule has 1 aliphatic heterocycles. The van der Waals surface area contributed by atoms with Crippen molar-refractivity contribution in [2.24, 2.45) is 0 Å². The van der Waals surface area contributed by atoms with E-state index in [1.807, 2.05) is 0 Å². The lowest BCUT2D eigenvalue weighted by Crippen LogP contribution is -2.45. The molecule has 6 nitrogen and oxygen atoms in total. The molecule has 0 saturated heterocycles. The Labute approximate surface area is 153 Å². The average Bonchev–Trinajstić information content (AvgIpc) is 3.14. The molecule has 2 aliphatic rings. The maximum atomic E-state index is 12.5. The van der Waals surface area contributed by atoms with Gasteiger partial charge in [0.15, 0.2) is 5.69 Å². The van der Waals surface area contributed by atoms with E-state index in [4.69, 9.17) is 4.74 Å². The van der Waals surface area contributed by atoms with Crippen LogP contribution in [0, 0.1) is 0 Å². The normalized spacial score (nSPS) is 17.6. The highest BCUT2D eigenvalue weighted by atomic mass is 19.4. The van der Waals surface area contributed by atoms with Gasteiger partial charge in [-0.15, -0.1) is 13.2 Å². The van der Waals surface area contributed by atoms with Crippen LogP contribution in [0.2, 0.25) is 0 Å². The van der Waals surface area contributed by atoms with Gasteiger partial charge < -0.3 is 14.8 Å². The van der Waals surface area contributed by atoms with Gasteiger partial charge in [-0.25, -0.2) is 4.68 Å². The predicted molar refractivity (Wildman–Crippen MR) is 88.7 cm³/mol. The molecule has 1 amide bonds. The van der Waals surface area contributed by atoms with Crippen molar-refractivity contribution in [1.29, 1.82) is 0 Å². The summed E-state index contributed by atoms with van der Waals surface area (Å²) < 4.78 is 48.4. The summed E-state index contributed by atoms with van der Waals surface area (Å²) in [5, 5.41) is 7.06. The third kappa shape index (κ3) is 3.58. The van der Waals surface area contributed by atoms with Crippen LogP contribution in [0.15, 0.2) is 30.3 Å². The number of nitrogens with zero attached hydrogens (tertiary/aromatic N) is 2. The van der Waals surface area contributed by atoms with Crippen LogP contribution in [0.4, 0.5) is 13.2 Å². The third-order valence-electron chi connectivity index (χ3n) is 5.11. The molecule has 0 bridgehead atoms. The van der Waals surface area contributed by atoms with Crippen molar-refractivity contribution < 1.29 is 27.4 Å². The van der Waals surface area contributed by atoms with Gasteiger partial charge in [0, 0.05) is 18.0 Å². The molecule has 9 heteroatoms. The minimum Gasteiger partial charge on any atom is -0.476 e. The van der Waals surface area contributed by atoms with Crippen molar-refractivity contribution >= 4 is 5.91 Å². The number of ether oxygens (including phenoxy) is 2. The first-order valence-corrected chi connectivity index (χ1v) is 8.70. The molecule has 0 unspecified atom stereocenters. The second kappa shape index (κ2) is 6.47. The second-order valence-electron chi connectivity index (χ2n) is 6.83. The Bertz CT molecular complexity index is 838. The maximum absolute atomic E-state index is 12.5. The van der Waals surface area contributed by atoms with Gasteiger partial charge in [0.2, 0.25) is 5.88 Å². The van der Waals surface area contributed by atoms with Gasteiger partial charge >= 0.3 is 6.36 Å². The Morgan fingerprint density at radius 1 is 1.33 bits per heavy atom. The lowest BCUT2D eigenvalue weighted by molar-refractivity contribution is -0.274. The summed E-state index contributed by atoms with van der Waals surface area (Å²) in [6, 6.07) is 7.57. The third-order valence-corrected chi connectivity index (χ3v) is 5.11. The van der Waals surface area contributed by atoms with Crippen molar-refractivity contribution in [3.05, 3.63) is 41.6 Å². The van der Waals surface area contributed by atoms with Crippen molar-refractivity contribution in [2.45, 2.75) is 37.6 Å². The SMILES string of the molecule is O=C(NCC1(c2cccc(OC(F)(F)F)c2)CCC1)c1cc2n(n1)CCO2. The van der Waals surface area contributed by atoms with E-state index in [9.17, 15) is 18.0 Å². The van der Waals surface area contributed by atoms with Gasteiger partial charge in [-0.05, 0) is 30.5 Å². The molecule has 1 saturated carbocycles. The zero-order valence-corrected chi connectivity index (χ0v) is 14.4. The lowest BCUT2D eigenvalue weighted by Gasteiger charge is -2.42. The lowest BCUT2D eigenvalue weighted by atomic mass is 9.64. The molecule has 27 heavy (non-hydrogen) atoms. The topological polar surface area (TPSA) is 65.4 Å². The molecule has 144 valence electrons. The van der Waals surface area contributed by atoms with E-state index in [2.05, 4.69) is 15.2 Å². The number of rotatable bonds is 5. The number of alkyl halides is 3. The molecular formula is C18H18F3N3O3. The monoisotopic (exact) mass is 381 g/mol. The van der Waals surface area contributed by atoms with Crippen molar-refractivity contribution in [3.8, 4) is 11.6 Å². The van der Waals surface area contributed by atoms with Gasteiger partial charge in [-0.1, -0.05) is 18.6 Å². The number of carbonyl (C=O) groups excluding carboxylic acids is 1. The van der Waals surface area contributed by atoms with Crippen molar-refractivity contribution in [2.75, 3.05) is 13.2 Å². The molecule has 2 aromatic rings. The number of fused-ring (bicyclic) bond motifs is 1. The summed E-state index contributed by atoms with van der Waals surface area (Å²) in [5.41, 5.74) is 0.611. The van der Waals surface area contributed by atoms with E-state index in [0.29, 0.717) is 25.6 Å². The van der Waals surface area contributed by atoms with E-state index in [1.165, 1.54) is 18.2 Å². The molecule has 4 rings (SSSR count). The smallest absolute Gasteiger partial charge is 0.476 e. The Balaban J connectivity index is 1.46. The van der Waals surface area contributed by atoms with E-state index < -0.39 is 6.36 Å². The van der Waals surface area contributed by atoms with Gasteiger partial charge in [0.1, 0.15) is 12.4 Å². The van der Waals surface area contributed by atoms with Crippen LogP contribution in [0.1, 0.15) is 35.3 Å². The Morgan fingerprint density at radius 3 is 2.81 bits per heavy atom. The largest absolute Gasteiger partial charge is 0.573 e. The molecule has 0 spiro atoms. The van der Waals surface area contributed by atoms with Crippen LogP contribution in [0.25, 0.3) is 0 Å². The van der Waals surface area contributed by atoms with Gasteiger partial charge in [-0.3, -0.25) is 4.79 Å². The summed E-state index contributed by atoms with van der Waals surface area (Å²) in [7, 11) is 0. The minimum atomic E-state index is -4.73. The number of halogens is 3. The Morgan fingerprint density at radius 2 is 2.15 bits per heavy atom. The molecule has 1 aromatic heterocycles. The van der Waals surface area contributed by atoms with Crippen LogP contribution in [0.3, 0.4) is 0 Å². The number of aromatic nitrogens is 2. The first-order chi connectivity index (χ1) is 12.8. The number of hydrogen-bond acceptors (Lipinski definition) is 4. The number of benzene rings is 1. The molecule has 0 radical (unpaired) electrons. The van der Waals surface area contributed by atoms with Crippen LogP contribution >= 0.6 is 0 Å². The number of amides is 1. The van der Waals surface area contributed by atoms with Crippen LogP contribution < -0.4 is 14.8 Å². The zero-order valence-electron chi connectivity index (χ0n) is 14.4. The summed E-state index contributed by atoms with van der Waals surface area (Å²) in [4.78, 5) is 12.4. The van der Waals surface area contributed by atoms with Gasteiger partial charge in [-0.2, -0.15) is 5.10 Å². The maximum Gasteiger partial charge on any atom is 0.573 e. The highest BCUT2D eigenvalue weighted by molar-refractivity contribution is 5.92. The predicted octanol–water partition coefficient (Wildman–Crippen LogP) is 3.03. The van der Waals surface area contributed by atoms with E-state index in [-0.39, 0.29) is 22.8 Å². The van der Waals surface area contributed by atoms with Crippen molar-refractivity contribution in [3.63, 3.8) is 0 Å². The first-order valence-electron chi connectivity index (χ1n) is 8.70. The van der Waals surface area contributed by atoms with Gasteiger partial charge in [0.25, 0.3) is 5.91 Å². The second-order valence-corrected chi connectivity index (χ2v) is 6.83. The molecule has 2 heterocycles. The van der Waals surface area contributed by atoms with Crippen molar-refractivity contribution in [1.82, 2.24) is 15.1 Å². The minimum absolute atomic E-state index is 0.250. The fraction of sp³-hybridized carbons (Fsp3) is 0.444. The summed E-state index contributed by atoms with van der Waals surface area (Å²) in [6.45, 7) is 1.48. The van der Waals surface area contributed by atoms with Gasteiger partial charge in [0.05, 0.1) is 6.54 Å². The quantitative estimate of drug-likeness (QED) is 0.865. The molecule has 0 atom stereocenters. The summed E-state index contributed by atoms with van der Waals surface area (Å²) in [5.74, 6) is -0.00902. The number of hydrogen-bond donors (Lipinski definition) is 1. The van der Waals surface area contributed by atoms with E-state index in [0.717, 1.165) is 24.8 Å². The Kier molecular flexibility index (Phi) is 4.24. The van der Waals surface area contributed by atoms with E-state index >= 15 is 0 Å². The Hall–Kier alpha value is -2.71. The van der Waals surface area contributed by atoms with Crippen LogP contribution in [-0.2, 0) is 12.0 Å². The molecule has 1 N–H and O–H groups in total. The fourth-order valence-electron chi connectivity index (χ4n) is 3.56. The standard InChI is InChI=1S/C18H18F3N3O3/c19-18(20,21)27-13-4-1-3-12(9-13)17(5-2-6-17)11-22-16(25)14-10-15-24(23-14)7-8-26-15/h1,3-4,9-10H,2,5-8,11H2,(H,22,25). The molecular weight excluding hydrogens is 363 g/mol.